The Labute approximate surface area is 205 Å². The van der Waals surface area contributed by atoms with Gasteiger partial charge in [-0.05, 0) is 37.8 Å². The van der Waals surface area contributed by atoms with Crippen LogP contribution in [0.1, 0.15) is 37.3 Å². The molecule has 4 heterocycles. The van der Waals surface area contributed by atoms with Gasteiger partial charge >= 0.3 is 0 Å². The highest BCUT2D eigenvalue weighted by Gasteiger charge is 2.28. The molecule has 2 aromatic heterocycles. The number of anilines is 2. The zero-order chi connectivity index (χ0) is 24.8. The van der Waals surface area contributed by atoms with Crippen LogP contribution in [0.2, 0.25) is 0 Å². The summed E-state index contributed by atoms with van der Waals surface area (Å²) in [6.45, 7) is 8.63. The quantitative estimate of drug-likeness (QED) is 0.608. The monoisotopic (exact) mass is 479 g/mol. The van der Waals surface area contributed by atoms with Crippen LogP contribution >= 0.6 is 0 Å². The van der Waals surface area contributed by atoms with Gasteiger partial charge in [-0.3, -0.25) is 9.59 Å². The average molecular weight is 480 g/mol. The van der Waals surface area contributed by atoms with Gasteiger partial charge in [-0.1, -0.05) is 6.92 Å². The number of hydrogen-bond donors (Lipinski definition) is 1. The van der Waals surface area contributed by atoms with E-state index in [2.05, 4.69) is 31.1 Å². The maximum absolute atomic E-state index is 12.8. The van der Waals surface area contributed by atoms with Gasteiger partial charge in [0.1, 0.15) is 11.9 Å². The van der Waals surface area contributed by atoms with Crippen molar-refractivity contribution in [3.8, 4) is 6.07 Å². The van der Waals surface area contributed by atoms with Crippen LogP contribution in [0.15, 0.2) is 29.3 Å². The number of rotatable bonds is 8. The number of nitrogens with zero attached hydrogens (tertiary/aromatic N) is 6. The molecule has 2 saturated heterocycles. The molecule has 0 aromatic carbocycles. The summed E-state index contributed by atoms with van der Waals surface area (Å²) in [6.07, 6.45) is 5.82. The molecule has 0 saturated carbocycles. The Kier molecular flexibility index (Phi) is 7.98. The van der Waals surface area contributed by atoms with Crippen LogP contribution in [0.5, 0.6) is 0 Å². The lowest BCUT2D eigenvalue weighted by molar-refractivity contribution is -0.132. The molecule has 186 valence electrons. The van der Waals surface area contributed by atoms with Gasteiger partial charge in [-0.25, -0.2) is 10.1 Å². The zero-order valence-corrected chi connectivity index (χ0v) is 20.4. The highest BCUT2D eigenvalue weighted by Crippen LogP contribution is 2.26. The molecule has 2 fully saturated rings. The van der Waals surface area contributed by atoms with Crippen molar-refractivity contribution in [3.63, 3.8) is 0 Å². The fraction of sp³-hybridized carbons (Fsp3) is 0.560. The van der Waals surface area contributed by atoms with E-state index >= 15 is 0 Å². The first-order valence-electron chi connectivity index (χ1n) is 12.2. The summed E-state index contributed by atoms with van der Waals surface area (Å²) in [5, 5.41) is 15.4. The number of piperazine rings is 1. The minimum atomic E-state index is -0.157. The summed E-state index contributed by atoms with van der Waals surface area (Å²) in [6, 6.07) is 5.92. The SMILES string of the molecule is Cc1c(N2CCC[C@H]2COC[C@@H](C)CC(=O)N2CCN(c3ccc(C#N)cn3)CC2)cn[nH]c1=O. The van der Waals surface area contributed by atoms with E-state index in [1.807, 2.05) is 24.8 Å². The van der Waals surface area contributed by atoms with E-state index in [1.54, 1.807) is 18.5 Å². The predicted octanol–water partition coefficient (Wildman–Crippen LogP) is 1.71. The number of carbonyl (C=O) groups is 1. The lowest BCUT2D eigenvalue weighted by atomic mass is 10.1. The van der Waals surface area contributed by atoms with E-state index in [0.29, 0.717) is 43.9 Å². The summed E-state index contributed by atoms with van der Waals surface area (Å²) >= 11 is 0. The van der Waals surface area contributed by atoms with Crippen molar-refractivity contribution in [2.45, 2.75) is 39.2 Å². The van der Waals surface area contributed by atoms with Crippen LogP contribution in [0.4, 0.5) is 11.5 Å². The molecule has 10 nitrogen and oxygen atoms in total. The molecule has 1 N–H and O–H groups in total. The van der Waals surface area contributed by atoms with Gasteiger partial charge in [0.25, 0.3) is 5.56 Å². The molecule has 0 radical (unpaired) electrons. The number of nitriles is 1. The molecule has 35 heavy (non-hydrogen) atoms. The second-order valence-electron chi connectivity index (χ2n) is 9.43. The Morgan fingerprint density at radius 1 is 1.26 bits per heavy atom. The Morgan fingerprint density at radius 2 is 2.06 bits per heavy atom. The molecular formula is C25H33N7O3. The Bertz CT molecular complexity index is 1100. The second-order valence-corrected chi connectivity index (χ2v) is 9.43. The number of pyridine rings is 1. The number of hydrogen-bond acceptors (Lipinski definition) is 8. The molecule has 0 spiro atoms. The van der Waals surface area contributed by atoms with E-state index < -0.39 is 0 Å². The van der Waals surface area contributed by atoms with E-state index in [1.165, 1.54) is 0 Å². The molecule has 2 atom stereocenters. The molecule has 0 bridgehead atoms. The van der Waals surface area contributed by atoms with Gasteiger partial charge in [0.15, 0.2) is 0 Å². The Hall–Kier alpha value is -3.45. The number of aromatic nitrogens is 3. The summed E-state index contributed by atoms with van der Waals surface area (Å²) < 4.78 is 6.03. The minimum Gasteiger partial charge on any atom is -0.379 e. The number of carbonyl (C=O) groups excluding carboxylic acids is 1. The van der Waals surface area contributed by atoms with Crippen molar-refractivity contribution in [2.24, 2.45) is 5.92 Å². The van der Waals surface area contributed by atoms with Gasteiger partial charge in [0, 0.05) is 57.5 Å². The molecule has 1 amide bonds. The van der Waals surface area contributed by atoms with E-state index in [4.69, 9.17) is 10.00 Å². The molecule has 0 unspecified atom stereocenters. The maximum Gasteiger partial charge on any atom is 0.269 e. The third kappa shape index (κ3) is 5.98. The van der Waals surface area contributed by atoms with Crippen LogP contribution in [0.3, 0.4) is 0 Å². The first-order valence-corrected chi connectivity index (χ1v) is 12.2. The summed E-state index contributed by atoms with van der Waals surface area (Å²) in [4.78, 5) is 35.4. The van der Waals surface area contributed by atoms with Gasteiger partial charge in [0.05, 0.1) is 30.1 Å². The lowest BCUT2D eigenvalue weighted by Gasteiger charge is -2.36. The van der Waals surface area contributed by atoms with Crippen molar-refractivity contribution in [1.29, 1.82) is 5.26 Å². The third-order valence-corrected chi connectivity index (χ3v) is 6.83. The summed E-state index contributed by atoms with van der Waals surface area (Å²) in [5.41, 5.74) is 1.94. The Balaban J connectivity index is 1.19. The smallest absolute Gasteiger partial charge is 0.269 e. The van der Waals surface area contributed by atoms with Crippen LogP contribution in [0.25, 0.3) is 0 Å². The molecule has 2 aliphatic rings. The first-order chi connectivity index (χ1) is 17.0. The van der Waals surface area contributed by atoms with Gasteiger partial charge in [0.2, 0.25) is 5.91 Å². The van der Waals surface area contributed by atoms with Gasteiger partial charge in [-0.15, -0.1) is 0 Å². The second kappa shape index (κ2) is 11.3. The Morgan fingerprint density at radius 3 is 2.77 bits per heavy atom. The van der Waals surface area contributed by atoms with Crippen LogP contribution < -0.4 is 15.4 Å². The van der Waals surface area contributed by atoms with Crippen molar-refractivity contribution in [2.75, 3.05) is 55.7 Å². The molecule has 2 aromatic rings. The fourth-order valence-electron chi connectivity index (χ4n) is 4.78. The minimum absolute atomic E-state index is 0.124. The molecule has 10 heteroatoms. The number of aromatic amines is 1. The number of ether oxygens (including phenoxy) is 1. The average Bonchev–Trinajstić information content (AvgIpc) is 3.34. The van der Waals surface area contributed by atoms with Crippen molar-refractivity contribution >= 4 is 17.4 Å². The highest BCUT2D eigenvalue weighted by molar-refractivity contribution is 5.76. The molecule has 4 rings (SSSR count). The number of nitrogens with one attached hydrogen (secondary N) is 1. The summed E-state index contributed by atoms with van der Waals surface area (Å²) in [5.74, 6) is 1.12. The van der Waals surface area contributed by atoms with Crippen molar-refractivity contribution < 1.29 is 9.53 Å². The highest BCUT2D eigenvalue weighted by atomic mass is 16.5. The van der Waals surface area contributed by atoms with Gasteiger partial charge < -0.3 is 19.4 Å². The van der Waals surface area contributed by atoms with Crippen molar-refractivity contribution in [3.05, 3.63) is 46.0 Å². The molecule has 2 aliphatic heterocycles. The molecular weight excluding hydrogens is 446 g/mol. The normalized spacial score (nSPS) is 19.0. The zero-order valence-electron chi connectivity index (χ0n) is 20.4. The van der Waals surface area contributed by atoms with E-state index in [0.717, 1.165) is 44.0 Å². The topological polar surface area (TPSA) is 118 Å². The van der Waals surface area contributed by atoms with Crippen molar-refractivity contribution in [1.82, 2.24) is 20.1 Å². The van der Waals surface area contributed by atoms with Crippen LogP contribution in [-0.4, -0.2) is 78.0 Å². The molecule has 0 aliphatic carbocycles. The van der Waals surface area contributed by atoms with Crippen LogP contribution in [-0.2, 0) is 9.53 Å². The van der Waals surface area contributed by atoms with E-state index in [-0.39, 0.29) is 23.4 Å². The maximum atomic E-state index is 12.8. The third-order valence-electron chi connectivity index (χ3n) is 6.83. The van der Waals surface area contributed by atoms with Gasteiger partial charge in [-0.2, -0.15) is 10.4 Å². The predicted molar refractivity (Wildman–Crippen MR) is 132 cm³/mol. The van der Waals surface area contributed by atoms with Crippen LogP contribution in [0, 0.1) is 24.2 Å². The number of H-pyrrole nitrogens is 1. The van der Waals surface area contributed by atoms with E-state index in [9.17, 15) is 9.59 Å². The first kappa shape index (κ1) is 24.7. The fourth-order valence-corrected chi connectivity index (χ4v) is 4.78. The lowest BCUT2D eigenvalue weighted by Crippen LogP contribution is -2.49. The number of amides is 1. The standard InChI is InChI=1S/C25H33N7O3/c1-18(16-35-17-21-4-3-7-32(21)22-15-28-29-25(34)19(22)2)12-24(33)31-10-8-30(9-11-31)23-6-5-20(13-26)14-27-23/h5-6,14-15,18,21H,3-4,7-12,16-17H2,1-2H3,(H,29,34)/t18-,21-/m0/s1. The largest absolute Gasteiger partial charge is 0.379 e. The summed E-state index contributed by atoms with van der Waals surface area (Å²) in [7, 11) is 0.